The molecule has 0 saturated heterocycles. The van der Waals surface area contributed by atoms with Crippen LogP contribution in [-0.2, 0) is 0 Å². The molecule has 0 fully saturated rings. The standard InChI is InChI=1S/C51H33N5/c1-3-14-34(15-4-1)35-26-28-37(29-27-35)50-52-49(36-16-5-2-6-17-36)53-51(54-50)56-47-25-12-9-22-43(47)44-31-30-39(33-48(44)56)38-18-13-19-40(32-38)55-45-23-10-7-20-41(45)42-21-8-11-24-46(42)55/h1-33H. The minimum atomic E-state index is 0.573. The van der Waals surface area contributed by atoms with Crippen LogP contribution in [0.15, 0.2) is 200 Å². The van der Waals surface area contributed by atoms with Crippen LogP contribution in [0, 0.1) is 0 Å². The van der Waals surface area contributed by atoms with E-state index in [1.54, 1.807) is 0 Å². The van der Waals surface area contributed by atoms with Gasteiger partial charge in [-0.1, -0.05) is 164 Å². The molecule has 5 heteroatoms. The average molecular weight is 716 g/mol. The molecule has 0 aliphatic heterocycles. The molecular weight excluding hydrogens is 683 g/mol. The van der Waals surface area contributed by atoms with Gasteiger partial charge in [0.05, 0.1) is 22.1 Å². The summed E-state index contributed by atoms with van der Waals surface area (Å²) in [6, 6.07) is 70.4. The van der Waals surface area contributed by atoms with E-state index in [0.29, 0.717) is 17.6 Å². The highest BCUT2D eigenvalue weighted by atomic mass is 15.2. The van der Waals surface area contributed by atoms with Crippen molar-refractivity contribution >= 4 is 43.6 Å². The van der Waals surface area contributed by atoms with Crippen LogP contribution in [0.25, 0.3) is 100 Å². The highest BCUT2D eigenvalue weighted by Crippen LogP contribution is 2.37. The Balaban J connectivity index is 1.09. The summed E-state index contributed by atoms with van der Waals surface area (Å²) >= 11 is 0. The number of para-hydroxylation sites is 3. The van der Waals surface area contributed by atoms with E-state index in [9.17, 15) is 0 Å². The summed E-state index contributed by atoms with van der Waals surface area (Å²) in [7, 11) is 0. The summed E-state index contributed by atoms with van der Waals surface area (Å²) in [6.45, 7) is 0. The molecule has 3 aromatic heterocycles. The number of rotatable bonds is 6. The second kappa shape index (κ2) is 13.0. The smallest absolute Gasteiger partial charge is 0.238 e. The highest BCUT2D eigenvalue weighted by Gasteiger charge is 2.19. The second-order valence-electron chi connectivity index (χ2n) is 14.1. The number of benzene rings is 8. The largest absolute Gasteiger partial charge is 0.309 e. The molecule has 262 valence electrons. The molecule has 8 aromatic carbocycles. The molecule has 11 aromatic rings. The molecule has 0 aliphatic carbocycles. The van der Waals surface area contributed by atoms with Crippen LogP contribution in [0.4, 0.5) is 0 Å². The van der Waals surface area contributed by atoms with E-state index in [2.05, 4.69) is 185 Å². The van der Waals surface area contributed by atoms with Gasteiger partial charge in [0.15, 0.2) is 11.6 Å². The number of hydrogen-bond donors (Lipinski definition) is 0. The molecule has 0 N–H and O–H groups in total. The lowest BCUT2D eigenvalue weighted by Crippen LogP contribution is -2.06. The summed E-state index contributed by atoms with van der Waals surface area (Å²) in [5.74, 6) is 1.82. The summed E-state index contributed by atoms with van der Waals surface area (Å²) in [5, 5.41) is 4.78. The molecule has 0 amide bonds. The predicted octanol–water partition coefficient (Wildman–Crippen LogP) is 12.7. The van der Waals surface area contributed by atoms with Crippen LogP contribution in [0.5, 0.6) is 0 Å². The van der Waals surface area contributed by atoms with E-state index in [0.717, 1.165) is 55.3 Å². The zero-order chi connectivity index (χ0) is 37.0. The van der Waals surface area contributed by atoms with E-state index in [1.165, 1.54) is 27.4 Å². The zero-order valence-corrected chi connectivity index (χ0v) is 30.3. The maximum atomic E-state index is 5.22. The normalized spacial score (nSPS) is 11.6. The van der Waals surface area contributed by atoms with Crippen LogP contribution in [0.1, 0.15) is 0 Å². The zero-order valence-electron chi connectivity index (χ0n) is 30.3. The van der Waals surface area contributed by atoms with Crippen molar-refractivity contribution < 1.29 is 0 Å². The lowest BCUT2D eigenvalue weighted by molar-refractivity contribution is 0.953. The van der Waals surface area contributed by atoms with E-state index in [4.69, 9.17) is 15.0 Å². The van der Waals surface area contributed by atoms with Crippen LogP contribution in [-0.4, -0.2) is 24.1 Å². The summed E-state index contributed by atoms with van der Waals surface area (Å²) in [5.41, 5.74) is 12.0. The van der Waals surface area contributed by atoms with E-state index >= 15 is 0 Å². The van der Waals surface area contributed by atoms with Gasteiger partial charge < -0.3 is 4.57 Å². The Morgan fingerprint density at radius 2 is 0.696 bits per heavy atom. The van der Waals surface area contributed by atoms with Gasteiger partial charge in [-0.15, -0.1) is 0 Å². The molecule has 0 spiro atoms. The molecular formula is C51H33N5. The maximum absolute atomic E-state index is 5.22. The third kappa shape index (κ3) is 5.29. The fraction of sp³-hybridized carbons (Fsp3) is 0. The fourth-order valence-corrected chi connectivity index (χ4v) is 8.14. The molecule has 0 atom stereocenters. The van der Waals surface area contributed by atoms with Crippen LogP contribution >= 0.6 is 0 Å². The van der Waals surface area contributed by atoms with Crippen molar-refractivity contribution in [1.82, 2.24) is 24.1 Å². The summed E-state index contributed by atoms with van der Waals surface area (Å²) < 4.78 is 4.56. The molecule has 0 unspecified atom stereocenters. The first kappa shape index (κ1) is 31.9. The molecule has 0 saturated carbocycles. The van der Waals surface area contributed by atoms with Crippen LogP contribution in [0.3, 0.4) is 0 Å². The number of nitrogens with zero attached hydrogens (tertiary/aromatic N) is 5. The minimum Gasteiger partial charge on any atom is -0.309 e. The molecule has 5 nitrogen and oxygen atoms in total. The topological polar surface area (TPSA) is 48.5 Å². The van der Waals surface area contributed by atoms with Crippen LogP contribution < -0.4 is 0 Å². The van der Waals surface area contributed by atoms with Gasteiger partial charge in [0.2, 0.25) is 5.95 Å². The molecule has 11 rings (SSSR count). The van der Waals surface area contributed by atoms with Gasteiger partial charge in [-0.05, 0) is 58.7 Å². The molecule has 56 heavy (non-hydrogen) atoms. The minimum absolute atomic E-state index is 0.573. The SMILES string of the molecule is c1ccc(-c2ccc(-c3nc(-c4ccccc4)nc(-n4c5ccccc5c5ccc(-c6cccc(-n7c8ccccc8c8ccccc87)c6)cc54)n3)cc2)cc1. The number of hydrogen-bond acceptors (Lipinski definition) is 3. The molecule has 0 bridgehead atoms. The lowest BCUT2D eigenvalue weighted by atomic mass is 10.0. The van der Waals surface area contributed by atoms with Gasteiger partial charge >= 0.3 is 0 Å². The van der Waals surface area contributed by atoms with Crippen molar-refractivity contribution in [3.05, 3.63) is 200 Å². The van der Waals surface area contributed by atoms with Gasteiger partial charge in [0.1, 0.15) is 0 Å². The Morgan fingerprint density at radius 3 is 1.32 bits per heavy atom. The average Bonchev–Trinajstić information content (AvgIpc) is 3.80. The molecule has 0 aliphatic rings. The fourth-order valence-electron chi connectivity index (χ4n) is 8.14. The number of fused-ring (bicyclic) bond motifs is 6. The first-order valence-electron chi connectivity index (χ1n) is 18.9. The van der Waals surface area contributed by atoms with Gasteiger partial charge in [-0.3, -0.25) is 4.57 Å². The van der Waals surface area contributed by atoms with Crippen molar-refractivity contribution in [3.8, 4) is 56.7 Å². The Bertz CT molecular complexity index is 3180. The van der Waals surface area contributed by atoms with Crippen molar-refractivity contribution in [2.75, 3.05) is 0 Å². The summed E-state index contributed by atoms with van der Waals surface area (Å²) in [4.78, 5) is 15.5. The second-order valence-corrected chi connectivity index (χ2v) is 14.1. The maximum Gasteiger partial charge on any atom is 0.238 e. The quantitative estimate of drug-likeness (QED) is 0.172. The highest BCUT2D eigenvalue weighted by molar-refractivity contribution is 6.11. The predicted molar refractivity (Wildman–Crippen MR) is 230 cm³/mol. The van der Waals surface area contributed by atoms with Gasteiger partial charge in [-0.2, -0.15) is 9.97 Å². The van der Waals surface area contributed by atoms with Gasteiger partial charge in [0, 0.05) is 38.4 Å². The third-order valence-corrected chi connectivity index (χ3v) is 10.8. The van der Waals surface area contributed by atoms with Gasteiger partial charge in [-0.25, -0.2) is 4.98 Å². The molecule has 3 heterocycles. The lowest BCUT2D eigenvalue weighted by Gasteiger charge is -2.12. The van der Waals surface area contributed by atoms with Crippen LogP contribution in [0.2, 0.25) is 0 Å². The monoisotopic (exact) mass is 715 g/mol. The van der Waals surface area contributed by atoms with Crippen molar-refractivity contribution in [2.24, 2.45) is 0 Å². The first-order chi connectivity index (χ1) is 27.8. The van der Waals surface area contributed by atoms with Crippen molar-refractivity contribution in [3.63, 3.8) is 0 Å². The third-order valence-electron chi connectivity index (χ3n) is 10.8. The Morgan fingerprint density at radius 1 is 0.268 bits per heavy atom. The Labute approximate surface area is 323 Å². The van der Waals surface area contributed by atoms with E-state index in [-0.39, 0.29) is 0 Å². The van der Waals surface area contributed by atoms with Gasteiger partial charge in [0.25, 0.3) is 0 Å². The van der Waals surface area contributed by atoms with E-state index in [1.807, 2.05) is 24.3 Å². The Kier molecular flexibility index (Phi) is 7.42. The number of aromatic nitrogens is 5. The van der Waals surface area contributed by atoms with E-state index < -0.39 is 0 Å². The molecule has 0 radical (unpaired) electrons. The first-order valence-corrected chi connectivity index (χ1v) is 18.9. The summed E-state index contributed by atoms with van der Waals surface area (Å²) in [6.07, 6.45) is 0. The van der Waals surface area contributed by atoms with Crippen molar-refractivity contribution in [2.45, 2.75) is 0 Å². The van der Waals surface area contributed by atoms with Crippen molar-refractivity contribution in [1.29, 1.82) is 0 Å². The Hall–Kier alpha value is -7.63.